The minimum atomic E-state index is -0.493. The second-order valence-corrected chi connectivity index (χ2v) is 7.17. The van der Waals surface area contributed by atoms with Gasteiger partial charge in [0.1, 0.15) is 5.75 Å². The smallest absolute Gasteiger partial charge is 0.250 e. The van der Waals surface area contributed by atoms with Crippen LogP contribution in [0.3, 0.4) is 0 Å². The zero-order chi connectivity index (χ0) is 19.1. The molecule has 0 bridgehead atoms. The van der Waals surface area contributed by atoms with E-state index in [4.69, 9.17) is 10.5 Å². The Balaban J connectivity index is 1.52. The molecular formula is C22H29N3O2. The summed E-state index contributed by atoms with van der Waals surface area (Å²) in [7, 11) is 0. The summed E-state index contributed by atoms with van der Waals surface area (Å²) in [6, 6.07) is 12.2. The van der Waals surface area contributed by atoms with Gasteiger partial charge in [0.15, 0.2) is 0 Å². The van der Waals surface area contributed by atoms with Gasteiger partial charge < -0.3 is 15.4 Å². The van der Waals surface area contributed by atoms with E-state index in [9.17, 15) is 4.79 Å². The number of carbonyl (C=O) groups is 1. The van der Waals surface area contributed by atoms with Crippen LogP contribution in [-0.2, 0) is 6.42 Å². The maximum Gasteiger partial charge on any atom is 0.250 e. The number of likely N-dealkylation sites (N-methyl/N-ethyl adjacent to an activating group) is 1. The van der Waals surface area contributed by atoms with Crippen molar-refractivity contribution in [2.24, 2.45) is 5.73 Å². The second kappa shape index (κ2) is 9.51. The molecule has 5 nitrogen and oxygen atoms in total. The number of carbonyl (C=O) groups excluding carboxylic acids is 1. The van der Waals surface area contributed by atoms with Crippen molar-refractivity contribution in [3.05, 3.63) is 53.7 Å². The number of amides is 1. The molecule has 0 spiro atoms. The molecule has 1 heterocycles. The number of primary amides is 1. The third-order valence-corrected chi connectivity index (χ3v) is 5.35. The fourth-order valence-electron chi connectivity index (χ4n) is 3.75. The first-order chi connectivity index (χ1) is 13.2. The van der Waals surface area contributed by atoms with Crippen LogP contribution in [0.2, 0.25) is 0 Å². The molecule has 5 heteroatoms. The van der Waals surface area contributed by atoms with Gasteiger partial charge >= 0.3 is 0 Å². The molecule has 1 amide bonds. The van der Waals surface area contributed by atoms with Crippen LogP contribution in [0.1, 0.15) is 54.9 Å². The monoisotopic (exact) mass is 367 g/mol. The molecule has 2 N–H and O–H groups in total. The Morgan fingerprint density at radius 1 is 1.15 bits per heavy atom. The summed E-state index contributed by atoms with van der Waals surface area (Å²) in [6.45, 7) is 4.50. The van der Waals surface area contributed by atoms with E-state index in [2.05, 4.69) is 28.9 Å². The molecule has 0 unspecified atom stereocenters. The van der Waals surface area contributed by atoms with Gasteiger partial charge in [0.2, 0.25) is 11.8 Å². The molecule has 0 radical (unpaired) electrons. The van der Waals surface area contributed by atoms with Crippen LogP contribution in [0.4, 0.5) is 0 Å². The number of ether oxygens (including phenoxy) is 1. The topological polar surface area (TPSA) is 68.5 Å². The minimum Gasteiger partial charge on any atom is -0.439 e. The van der Waals surface area contributed by atoms with Gasteiger partial charge in [-0.05, 0) is 49.6 Å². The third kappa shape index (κ3) is 5.54. The van der Waals surface area contributed by atoms with E-state index in [1.165, 1.54) is 43.9 Å². The van der Waals surface area contributed by atoms with E-state index in [1.807, 2.05) is 12.1 Å². The molecule has 1 aliphatic rings. The van der Waals surface area contributed by atoms with E-state index in [-0.39, 0.29) is 0 Å². The Labute approximate surface area is 161 Å². The molecular weight excluding hydrogens is 338 g/mol. The number of aromatic nitrogens is 1. The van der Waals surface area contributed by atoms with Gasteiger partial charge in [-0.2, -0.15) is 0 Å². The van der Waals surface area contributed by atoms with Gasteiger partial charge in [0.05, 0.1) is 5.56 Å². The Morgan fingerprint density at radius 2 is 1.89 bits per heavy atom. The molecule has 1 saturated carbocycles. The lowest BCUT2D eigenvalue weighted by molar-refractivity contribution is 0.1000. The molecule has 1 aliphatic carbocycles. The average Bonchev–Trinajstić information content (AvgIpc) is 2.71. The van der Waals surface area contributed by atoms with Crippen LogP contribution in [0, 0.1) is 0 Å². The molecule has 1 aromatic carbocycles. The third-order valence-electron chi connectivity index (χ3n) is 5.35. The van der Waals surface area contributed by atoms with Crippen LogP contribution in [0.25, 0.3) is 0 Å². The van der Waals surface area contributed by atoms with Crippen LogP contribution in [-0.4, -0.2) is 34.9 Å². The molecule has 27 heavy (non-hydrogen) atoms. The summed E-state index contributed by atoms with van der Waals surface area (Å²) in [5, 5.41) is 0. The first-order valence-electron chi connectivity index (χ1n) is 9.92. The number of hydrogen-bond acceptors (Lipinski definition) is 4. The van der Waals surface area contributed by atoms with Crippen molar-refractivity contribution in [2.75, 3.05) is 13.1 Å². The molecule has 144 valence electrons. The maximum atomic E-state index is 11.1. The zero-order valence-electron chi connectivity index (χ0n) is 16.1. The summed E-state index contributed by atoms with van der Waals surface area (Å²) < 4.78 is 5.74. The molecule has 2 aromatic rings. The van der Waals surface area contributed by atoms with E-state index in [0.717, 1.165) is 31.3 Å². The van der Waals surface area contributed by atoms with Crippen molar-refractivity contribution in [2.45, 2.75) is 51.5 Å². The predicted molar refractivity (Wildman–Crippen MR) is 107 cm³/mol. The van der Waals surface area contributed by atoms with Crippen molar-refractivity contribution in [1.82, 2.24) is 9.88 Å². The number of rotatable bonds is 8. The molecule has 0 aliphatic heterocycles. The SMILES string of the molecule is CCN(CCc1ccc(Oc2ccc(C(N)=O)cn2)cc1)C1CCCCC1. The van der Waals surface area contributed by atoms with Crippen molar-refractivity contribution in [3.8, 4) is 11.6 Å². The normalized spacial score (nSPS) is 15.0. The molecule has 0 saturated heterocycles. The lowest BCUT2D eigenvalue weighted by Gasteiger charge is -2.33. The van der Waals surface area contributed by atoms with Gasteiger partial charge in [-0.25, -0.2) is 4.98 Å². The van der Waals surface area contributed by atoms with E-state index < -0.39 is 5.91 Å². The largest absolute Gasteiger partial charge is 0.439 e. The summed E-state index contributed by atoms with van der Waals surface area (Å²) in [6.07, 6.45) is 9.33. The highest BCUT2D eigenvalue weighted by molar-refractivity contribution is 5.92. The summed E-state index contributed by atoms with van der Waals surface area (Å²) >= 11 is 0. The standard InChI is InChI=1S/C22H29N3O2/c1-2-25(19-6-4-3-5-7-19)15-14-17-8-11-20(12-9-17)27-21-13-10-18(16-24-21)22(23)26/h8-13,16,19H,2-7,14-15H2,1H3,(H2,23,26). The second-order valence-electron chi connectivity index (χ2n) is 7.17. The van der Waals surface area contributed by atoms with E-state index in [0.29, 0.717) is 11.4 Å². The van der Waals surface area contributed by atoms with Gasteiger partial charge in [0.25, 0.3) is 0 Å². The van der Waals surface area contributed by atoms with Crippen molar-refractivity contribution < 1.29 is 9.53 Å². The fourth-order valence-corrected chi connectivity index (χ4v) is 3.75. The quantitative estimate of drug-likeness (QED) is 0.760. The molecule has 1 aromatic heterocycles. The van der Waals surface area contributed by atoms with Crippen molar-refractivity contribution in [3.63, 3.8) is 0 Å². The van der Waals surface area contributed by atoms with Crippen molar-refractivity contribution in [1.29, 1.82) is 0 Å². The highest BCUT2D eigenvalue weighted by Crippen LogP contribution is 2.23. The number of nitrogens with two attached hydrogens (primary N) is 1. The summed E-state index contributed by atoms with van der Waals surface area (Å²) in [4.78, 5) is 17.8. The first-order valence-corrected chi connectivity index (χ1v) is 9.92. The molecule has 1 fully saturated rings. The van der Waals surface area contributed by atoms with E-state index in [1.54, 1.807) is 12.1 Å². The lowest BCUT2D eigenvalue weighted by Crippen LogP contribution is -2.38. The predicted octanol–water partition coefficient (Wildman–Crippen LogP) is 4.17. The number of benzene rings is 1. The summed E-state index contributed by atoms with van der Waals surface area (Å²) in [5.74, 6) is 0.688. The Morgan fingerprint density at radius 3 is 2.48 bits per heavy atom. The number of nitrogens with zero attached hydrogens (tertiary/aromatic N) is 2. The number of pyridine rings is 1. The Hall–Kier alpha value is -2.40. The van der Waals surface area contributed by atoms with Crippen LogP contribution >= 0.6 is 0 Å². The van der Waals surface area contributed by atoms with Gasteiger partial charge in [-0.1, -0.05) is 38.3 Å². The molecule has 0 atom stereocenters. The van der Waals surface area contributed by atoms with Crippen LogP contribution < -0.4 is 10.5 Å². The van der Waals surface area contributed by atoms with Gasteiger partial charge in [0, 0.05) is 24.8 Å². The van der Waals surface area contributed by atoms with E-state index >= 15 is 0 Å². The average molecular weight is 367 g/mol. The first kappa shape index (κ1) is 19.4. The minimum absolute atomic E-state index is 0.371. The highest BCUT2D eigenvalue weighted by atomic mass is 16.5. The van der Waals surface area contributed by atoms with Gasteiger partial charge in [-0.15, -0.1) is 0 Å². The Kier molecular flexibility index (Phi) is 6.82. The zero-order valence-corrected chi connectivity index (χ0v) is 16.1. The Bertz CT molecular complexity index is 722. The maximum absolute atomic E-state index is 11.1. The summed E-state index contributed by atoms with van der Waals surface area (Å²) in [5.41, 5.74) is 6.90. The van der Waals surface area contributed by atoms with Gasteiger partial charge in [-0.3, -0.25) is 4.79 Å². The van der Waals surface area contributed by atoms with Crippen LogP contribution in [0.15, 0.2) is 42.6 Å². The van der Waals surface area contributed by atoms with Crippen LogP contribution in [0.5, 0.6) is 11.6 Å². The molecule has 3 rings (SSSR count). The van der Waals surface area contributed by atoms with Crippen molar-refractivity contribution >= 4 is 5.91 Å². The lowest BCUT2D eigenvalue weighted by atomic mass is 9.94. The fraction of sp³-hybridized carbons (Fsp3) is 0.455. The highest BCUT2D eigenvalue weighted by Gasteiger charge is 2.19. The number of hydrogen-bond donors (Lipinski definition) is 1.